The fraction of sp³-hybridized carbons (Fsp3) is 0. The van der Waals surface area contributed by atoms with Gasteiger partial charge in [0, 0.05) is 42.2 Å². The summed E-state index contributed by atoms with van der Waals surface area (Å²) >= 11 is 1.86. The van der Waals surface area contributed by atoms with Crippen LogP contribution in [-0.2, 0) is 0 Å². The van der Waals surface area contributed by atoms with E-state index in [0.717, 1.165) is 50.1 Å². The fourth-order valence-electron chi connectivity index (χ4n) is 7.51. The molecule has 240 valence electrons. The number of thiophene rings is 1. The van der Waals surface area contributed by atoms with E-state index < -0.39 is 0 Å². The number of nitrogens with zero attached hydrogens (tertiary/aromatic N) is 1. The number of para-hydroxylation sites is 2. The lowest BCUT2D eigenvalue weighted by atomic mass is 9.99. The molecule has 0 saturated carbocycles. The van der Waals surface area contributed by atoms with Gasteiger partial charge in [-0.05, 0) is 58.1 Å². The van der Waals surface area contributed by atoms with Crippen molar-refractivity contribution in [1.82, 2.24) is 0 Å². The van der Waals surface area contributed by atoms with Crippen molar-refractivity contribution in [3.8, 4) is 33.4 Å². The Morgan fingerprint density at radius 3 is 1.67 bits per heavy atom. The Bertz CT molecular complexity index is 2840. The van der Waals surface area contributed by atoms with Gasteiger partial charge in [-0.2, -0.15) is 0 Å². The van der Waals surface area contributed by atoms with Crippen molar-refractivity contribution in [3.63, 3.8) is 0 Å². The van der Waals surface area contributed by atoms with Crippen molar-refractivity contribution in [1.29, 1.82) is 0 Å². The summed E-state index contributed by atoms with van der Waals surface area (Å²) in [6, 6.07) is 67.1. The molecule has 3 heteroatoms. The monoisotopic (exact) mass is 669 g/mol. The molecule has 0 aliphatic rings. The summed E-state index contributed by atoms with van der Waals surface area (Å²) in [7, 11) is 0. The molecule has 0 saturated heterocycles. The first kappa shape index (κ1) is 29.5. The number of rotatable bonds is 6. The molecule has 51 heavy (non-hydrogen) atoms. The van der Waals surface area contributed by atoms with E-state index in [0.29, 0.717) is 0 Å². The highest BCUT2D eigenvalue weighted by Gasteiger charge is 2.24. The van der Waals surface area contributed by atoms with Gasteiger partial charge in [-0.15, -0.1) is 11.3 Å². The van der Waals surface area contributed by atoms with E-state index in [1.54, 1.807) is 0 Å². The summed E-state index contributed by atoms with van der Waals surface area (Å²) in [6.45, 7) is 0. The molecular weight excluding hydrogens is 639 g/mol. The first-order valence-corrected chi connectivity index (χ1v) is 18.1. The van der Waals surface area contributed by atoms with E-state index in [2.05, 4.69) is 193 Å². The molecular formula is C48H31NOS. The van der Waals surface area contributed by atoms with Gasteiger partial charge in [-0.25, -0.2) is 0 Å². The minimum Gasteiger partial charge on any atom is -0.453 e. The molecule has 2 nitrogen and oxygen atoms in total. The molecule has 0 amide bonds. The maximum Gasteiger partial charge on any atom is 0.159 e. The van der Waals surface area contributed by atoms with Crippen LogP contribution in [0.3, 0.4) is 0 Å². The zero-order valence-electron chi connectivity index (χ0n) is 27.7. The van der Waals surface area contributed by atoms with Crippen LogP contribution < -0.4 is 4.90 Å². The number of hydrogen-bond acceptors (Lipinski definition) is 3. The molecule has 0 fully saturated rings. The topological polar surface area (TPSA) is 16.4 Å². The van der Waals surface area contributed by atoms with Crippen LogP contribution in [0, 0.1) is 0 Å². The summed E-state index contributed by atoms with van der Waals surface area (Å²) in [4.78, 5) is 2.40. The molecule has 0 unspecified atom stereocenters. The number of fused-ring (bicyclic) bond motifs is 6. The Hall–Kier alpha value is -6.42. The minimum absolute atomic E-state index is 0.864. The van der Waals surface area contributed by atoms with Gasteiger partial charge in [-0.1, -0.05) is 158 Å². The zero-order chi connectivity index (χ0) is 33.7. The Labute approximate surface area is 300 Å². The second-order valence-electron chi connectivity index (χ2n) is 12.9. The van der Waals surface area contributed by atoms with E-state index in [4.69, 9.17) is 4.42 Å². The van der Waals surface area contributed by atoms with Crippen molar-refractivity contribution in [2.45, 2.75) is 0 Å². The second-order valence-corrected chi connectivity index (χ2v) is 13.9. The van der Waals surface area contributed by atoms with Gasteiger partial charge >= 0.3 is 0 Å². The summed E-state index contributed by atoms with van der Waals surface area (Å²) in [5.74, 6) is 0. The number of hydrogen-bond donors (Lipinski definition) is 0. The van der Waals surface area contributed by atoms with Crippen molar-refractivity contribution < 1.29 is 4.42 Å². The average molecular weight is 670 g/mol. The standard InChI is InChI=1S/C48H31NOS/c1-4-14-32(15-5-1)33-26-28-36(29-27-33)49(42-31-30-38(35-18-8-3-9-19-35)48-45(42)41-20-10-11-25-44(41)51-48)43-24-13-23-40-39-22-12-21-37(46(39)50-47(40)43)34-16-6-2-7-17-34/h1-31H. The number of anilines is 3. The smallest absolute Gasteiger partial charge is 0.159 e. The van der Waals surface area contributed by atoms with Crippen molar-refractivity contribution in [2.75, 3.05) is 4.90 Å². The van der Waals surface area contributed by atoms with E-state index in [9.17, 15) is 0 Å². The number of benzene rings is 8. The lowest BCUT2D eigenvalue weighted by molar-refractivity contribution is 0.670. The third kappa shape index (κ3) is 4.93. The molecule has 0 N–H and O–H groups in total. The lowest BCUT2D eigenvalue weighted by Crippen LogP contribution is -2.10. The molecule has 0 aliphatic heterocycles. The maximum absolute atomic E-state index is 7.02. The van der Waals surface area contributed by atoms with E-state index in [-0.39, 0.29) is 0 Å². The fourth-order valence-corrected chi connectivity index (χ4v) is 8.77. The second kappa shape index (κ2) is 12.2. The third-order valence-corrected chi connectivity index (χ3v) is 11.1. The van der Waals surface area contributed by atoms with Crippen molar-refractivity contribution in [2.24, 2.45) is 0 Å². The Morgan fingerprint density at radius 1 is 0.373 bits per heavy atom. The maximum atomic E-state index is 7.02. The Balaban J connectivity index is 1.27. The summed E-state index contributed by atoms with van der Waals surface area (Å²) in [6.07, 6.45) is 0. The Kier molecular flexibility index (Phi) is 7.04. The highest BCUT2D eigenvalue weighted by Crippen LogP contribution is 2.50. The van der Waals surface area contributed by atoms with Gasteiger partial charge in [0.1, 0.15) is 5.58 Å². The predicted octanol–water partition coefficient (Wildman–Crippen LogP) is 14.4. The van der Waals surface area contributed by atoms with Gasteiger partial charge in [0.05, 0.1) is 11.4 Å². The van der Waals surface area contributed by atoms with Crippen LogP contribution in [0.2, 0.25) is 0 Å². The SMILES string of the molecule is c1ccc(-c2ccc(N(c3cccc4c3oc3c(-c5ccccc5)cccc34)c3ccc(-c4ccccc4)c4sc5ccccc5c34)cc2)cc1. The highest BCUT2D eigenvalue weighted by atomic mass is 32.1. The van der Waals surface area contributed by atoms with Gasteiger partial charge < -0.3 is 9.32 Å². The Morgan fingerprint density at radius 2 is 0.941 bits per heavy atom. The number of furan rings is 1. The predicted molar refractivity (Wildman–Crippen MR) is 218 cm³/mol. The molecule has 8 aromatic carbocycles. The van der Waals surface area contributed by atoms with Crippen LogP contribution in [-0.4, -0.2) is 0 Å². The molecule has 0 aliphatic carbocycles. The molecule has 0 spiro atoms. The summed E-state index contributed by atoms with van der Waals surface area (Å²) < 4.78 is 9.56. The summed E-state index contributed by atoms with van der Waals surface area (Å²) in [5.41, 5.74) is 12.0. The van der Waals surface area contributed by atoms with Crippen LogP contribution >= 0.6 is 11.3 Å². The molecule has 0 atom stereocenters. The normalized spacial score (nSPS) is 11.5. The third-order valence-electron chi connectivity index (χ3n) is 9.89. The first-order valence-electron chi connectivity index (χ1n) is 17.3. The van der Waals surface area contributed by atoms with Gasteiger partial charge in [0.15, 0.2) is 5.58 Å². The minimum atomic E-state index is 0.864. The van der Waals surface area contributed by atoms with Crippen LogP contribution in [0.15, 0.2) is 192 Å². The molecule has 2 aromatic heterocycles. The van der Waals surface area contributed by atoms with E-state index in [1.807, 2.05) is 11.3 Å². The van der Waals surface area contributed by atoms with Crippen LogP contribution in [0.1, 0.15) is 0 Å². The largest absolute Gasteiger partial charge is 0.453 e. The van der Waals surface area contributed by atoms with Crippen molar-refractivity contribution >= 4 is 70.5 Å². The molecule has 10 aromatic rings. The van der Waals surface area contributed by atoms with Gasteiger partial charge in [0.25, 0.3) is 0 Å². The van der Waals surface area contributed by atoms with Crippen molar-refractivity contribution in [3.05, 3.63) is 188 Å². The van der Waals surface area contributed by atoms with Crippen LogP contribution in [0.4, 0.5) is 17.1 Å². The molecule has 10 rings (SSSR count). The first-order chi connectivity index (χ1) is 25.3. The highest BCUT2D eigenvalue weighted by molar-refractivity contribution is 7.26. The van der Waals surface area contributed by atoms with Gasteiger partial charge in [-0.3, -0.25) is 0 Å². The van der Waals surface area contributed by atoms with Gasteiger partial charge in [0.2, 0.25) is 0 Å². The molecule has 2 heterocycles. The van der Waals surface area contributed by atoms with Crippen LogP contribution in [0.25, 0.3) is 75.5 Å². The van der Waals surface area contributed by atoms with E-state index in [1.165, 1.54) is 42.4 Å². The summed E-state index contributed by atoms with van der Waals surface area (Å²) in [5, 5.41) is 4.69. The zero-order valence-corrected chi connectivity index (χ0v) is 28.5. The van der Waals surface area contributed by atoms with Crippen LogP contribution in [0.5, 0.6) is 0 Å². The lowest BCUT2D eigenvalue weighted by Gasteiger charge is -2.27. The molecule has 0 radical (unpaired) electrons. The quantitative estimate of drug-likeness (QED) is 0.175. The molecule has 0 bridgehead atoms. The van der Waals surface area contributed by atoms with E-state index >= 15 is 0 Å². The average Bonchev–Trinajstić information content (AvgIpc) is 3.79.